The predicted molar refractivity (Wildman–Crippen MR) is 104 cm³/mol. The summed E-state index contributed by atoms with van der Waals surface area (Å²) in [4.78, 5) is 32.4. The maximum absolute atomic E-state index is 12.5. The molecule has 0 radical (unpaired) electrons. The molecule has 0 fully saturated rings. The molecule has 8 heteroatoms. The first-order chi connectivity index (χ1) is 12.5. The van der Waals surface area contributed by atoms with Crippen LogP contribution in [-0.4, -0.2) is 40.8 Å². The van der Waals surface area contributed by atoms with Crippen LogP contribution < -0.4 is 5.32 Å². The van der Waals surface area contributed by atoms with Gasteiger partial charge in [0, 0.05) is 33.6 Å². The molecule has 0 saturated heterocycles. The number of hydrogen-bond donors (Lipinski definition) is 1. The standard InChI is InChI=1S/C18H21N3O3S2/c1-11(2)25-13-6-4-5-12(9-13)16(22)20-17-19-14-7-8-21(18(23)24-3)10-15(14)26-17/h4-6,9,11H,7-8,10H2,1-3H3,(H,19,20,22). The fourth-order valence-electron chi connectivity index (χ4n) is 2.69. The molecular formula is C18H21N3O3S2. The Labute approximate surface area is 160 Å². The third kappa shape index (κ3) is 4.37. The summed E-state index contributed by atoms with van der Waals surface area (Å²) < 4.78 is 4.77. The van der Waals surface area contributed by atoms with Crippen molar-refractivity contribution in [2.24, 2.45) is 0 Å². The third-order valence-corrected chi connectivity index (χ3v) is 5.85. The van der Waals surface area contributed by atoms with Gasteiger partial charge in [-0.3, -0.25) is 10.1 Å². The van der Waals surface area contributed by atoms with E-state index in [1.807, 2.05) is 18.2 Å². The van der Waals surface area contributed by atoms with Crippen LogP contribution in [0.5, 0.6) is 0 Å². The number of carbonyl (C=O) groups excluding carboxylic acids is 2. The molecular weight excluding hydrogens is 370 g/mol. The van der Waals surface area contributed by atoms with Crippen LogP contribution >= 0.6 is 23.1 Å². The van der Waals surface area contributed by atoms with Crippen molar-refractivity contribution in [2.75, 3.05) is 19.0 Å². The molecule has 0 atom stereocenters. The fourth-order valence-corrected chi connectivity index (χ4v) is 4.60. The summed E-state index contributed by atoms with van der Waals surface area (Å²) in [5.74, 6) is -0.174. The van der Waals surface area contributed by atoms with Crippen molar-refractivity contribution in [2.45, 2.75) is 37.0 Å². The Balaban J connectivity index is 1.70. The molecule has 0 unspecified atom stereocenters. The normalized spacial score (nSPS) is 13.5. The summed E-state index contributed by atoms with van der Waals surface area (Å²) in [5, 5.41) is 3.90. The average molecular weight is 392 g/mol. The van der Waals surface area contributed by atoms with Gasteiger partial charge >= 0.3 is 6.09 Å². The van der Waals surface area contributed by atoms with E-state index < -0.39 is 0 Å². The molecule has 138 valence electrons. The van der Waals surface area contributed by atoms with Crippen molar-refractivity contribution in [1.29, 1.82) is 0 Å². The highest BCUT2D eigenvalue weighted by Gasteiger charge is 2.25. The van der Waals surface area contributed by atoms with E-state index in [-0.39, 0.29) is 12.0 Å². The second-order valence-electron chi connectivity index (χ2n) is 6.18. The lowest BCUT2D eigenvalue weighted by molar-refractivity contribution is 0.102. The van der Waals surface area contributed by atoms with Gasteiger partial charge in [-0.1, -0.05) is 31.3 Å². The number of aromatic nitrogens is 1. The summed E-state index contributed by atoms with van der Waals surface area (Å²) in [6.45, 7) is 5.28. The average Bonchev–Trinajstić information content (AvgIpc) is 3.01. The Bertz CT molecular complexity index is 820. The van der Waals surface area contributed by atoms with E-state index in [0.717, 1.165) is 15.5 Å². The number of ether oxygens (including phenoxy) is 1. The van der Waals surface area contributed by atoms with Gasteiger partial charge in [0.05, 0.1) is 19.3 Å². The molecule has 1 aromatic heterocycles. The SMILES string of the molecule is COC(=O)N1CCc2nc(NC(=O)c3cccc(SC(C)C)c3)sc2C1. The van der Waals surface area contributed by atoms with Crippen LogP contribution in [0.15, 0.2) is 29.2 Å². The number of thiazole rings is 1. The van der Waals surface area contributed by atoms with Crippen molar-refractivity contribution < 1.29 is 14.3 Å². The van der Waals surface area contributed by atoms with E-state index in [1.54, 1.807) is 22.7 Å². The Hall–Kier alpha value is -2.06. The van der Waals surface area contributed by atoms with E-state index in [2.05, 4.69) is 24.1 Å². The summed E-state index contributed by atoms with van der Waals surface area (Å²) >= 11 is 3.13. The van der Waals surface area contributed by atoms with Gasteiger partial charge in [-0.25, -0.2) is 9.78 Å². The second-order valence-corrected chi connectivity index (χ2v) is 8.91. The van der Waals surface area contributed by atoms with E-state index >= 15 is 0 Å². The molecule has 2 aromatic rings. The topological polar surface area (TPSA) is 71.5 Å². The number of thioether (sulfide) groups is 1. The number of nitrogens with one attached hydrogen (secondary N) is 1. The first kappa shape index (κ1) is 18.7. The van der Waals surface area contributed by atoms with Crippen LogP contribution in [0, 0.1) is 0 Å². The highest BCUT2D eigenvalue weighted by Crippen LogP contribution is 2.29. The highest BCUT2D eigenvalue weighted by atomic mass is 32.2. The molecule has 0 spiro atoms. The number of anilines is 1. The number of nitrogens with zero attached hydrogens (tertiary/aromatic N) is 2. The Morgan fingerprint density at radius 3 is 2.92 bits per heavy atom. The van der Waals surface area contributed by atoms with Crippen molar-refractivity contribution in [1.82, 2.24) is 9.88 Å². The van der Waals surface area contributed by atoms with Crippen LogP contribution in [0.4, 0.5) is 9.93 Å². The summed E-state index contributed by atoms with van der Waals surface area (Å²) in [7, 11) is 1.38. The van der Waals surface area contributed by atoms with Crippen molar-refractivity contribution in [3.8, 4) is 0 Å². The number of carbonyl (C=O) groups is 2. The lowest BCUT2D eigenvalue weighted by Crippen LogP contribution is -2.35. The van der Waals surface area contributed by atoms with Crippen LogP contribution in [0.25, 0.3) is 0 Å². The summed E-state index contributed by atoms with van der Waals surface area (Å²) in [6.07, 6.45) is 0.325. The van der Waals surface area contributed by atoms with Gasteiger partial charge in [-0.05, 0) is 18.2 Å². The quantitative estimate of drug-likeness (QED) is 0.797. The molecule has 0 bridgehead atoms. The number of hydrogen-bond acceptors (Lipinski definition) is 6. The van der Waals surface area contributed by atoms with Gasteiger partial charge in [0.15, 0.2) is 5.13 Å². The molecule has 1 aliphatic rings. The molecule has 1 aliphatic heterocycles. The van der Waals surface area contributed by atoms with Gasteiger partial charge in [0.2, 0.25) is 0 Å². The van der Waals surface area contributed by atoms with Crippen LogP contribution in [0.1, 0.15) is 34.8 Å². The zero-order chi connectivity index (χ0) is 18.7. The van der Waals surface area contributed by atoms with E-state index in [1.165, 1.54) is 18.4 Å². The lowest BCUT2D eigenvalue weighted by Gasteiger charge is -2.24. The maximum Gasteiger partial charge on any atom is 0.409 e. The van der Waals surface area contributed by atoms with Gasteiger partial charge in [-0.15, -0.1) is 11.8 Å². The molecule has 0 aliphatic carbocycles. The minimum Gasteiger partial charge on any atom is -0.453 e. The lowest BCUT2D eigenvalue weighted by atomic mass is 10.2. The zero-order valence-corrected chi connectivity index (χ0v) is 16.6. The minimum atomic E-state index is -0.339. The number of rotatable bonds is 4. The van der Waals surface area contributed by atoms with E-state index in [4.69, 9.17) is 4.74 Å². The fraction of sp³-hybridized carbons (Fsp3) is 0.389. The second kappa shape index (κ2) is 8.09. The first-order valence-corrected chi connectivity index (χ1v) is 10.1. The molecule has 3 rings (SSSR count). The van der Waals surface area contributed by atoms with Crippen LogP contribution in [0.3, 0.4) is 0 Å². The smallest absolute Gasteiger partial charge is 0.409 e. The van der Waals surface area contributed by atoms with Crippen molar-refractivity contribution >= 4 is 40.2 Å². The first-order valence-electron chi connectivity index (χ1n) is 8.36. The number of methoxy groups -OCH3 is 1. The number of fused-ring (bicyclic) bond motifs is 1. The minimum absolute atomic E-state index is 0.174. The molecule has 1 aromatic carbocycles. The van der Waals surface area contributed by atoms with Crippen molar-refractivity contribution in [3.63, 3.8) is 0 Å². The molecule has 2 amide bonds. The third-order valence-electron chi connectivity index (χ3n) is 3.85. The molecule has 0 saturated carbocycles. The van der Waals surface area contributed by atoms with Crippen molar-refractivity contribution in [3.05, 3.63) is 40.4 Å². The zero-order valence-electron chi connectivity index (χ0n) is 14.9. The summed E-state index contributed by atoms with van der Waals surface area (Å²) in [5.41, 5.74) is 1.55. The molecule has 1 N–H and O–H groups in total. The Kier molecular flexibility index (Phi) is 5.83. The molecule has 26 heavy (non-hydrogen) atoms. The number of amides is 2. The Morgan fingerprint density at radius 1 is 1.38 bits per heavy atom. The van der Waals surface area contributed by atoms with E-state index in [9.17, 15) is 9.59 Å². The number of benzene rings is 1. The van der Waals surface area contributed by atoms with Gasteiger partial charge in [0.25, 0.3) is 5.91 Å². The predicted octanol–water partition coefficient (Wildman–Crippen LogP) is 4.02. The van der Waals surface area contributed by atoms with Gasteiger partial charge < -0.3 is 9.64 Å². The van der Waals surface area contributed by atoms with E-state index in [0.29, 0.717) is 35.5 Å². The Morgan fingerprint density at radius 2 is 2.19 bits per heavy atom. The van der Waals surface area contributed by atoms with Gasteiger partial charge in [0.1, 0.15) is 0 Å². The molecule has 2 heterocycles. The maximum atomic E-state index is 12.5. The monoisotopic (exact) mass is 391 g/mol. The van der Waals surface area contributed by atoms with Crippen LogP contribution in [0.2, 0.25) is 0 Å². The summed E-state index contributed by atoms with van der Waals surface area (Å²) in [6, 6.07) is 7.59. The largest absolute Gasteiger partial charge is 0.453 e. The highest BCUT2D eigenvalue weighted by molar-refractivity contribution is 7.99. The molecule has 6 nitrogen and oxygen atoms in total. The van der Waals surface area contributed by atoms with Gasteiger partial charge in [-0.2, -0.15) is 0 Å². The van der Waals surface area contributed by atoms with Crippen LogP contribution in [-0.2, 0) is 17.7 Å².